The number of benzene rings is 1. The standard InChI is InChI=1S/C26H35N5O7S/c1-39-12-10-17(27)23(34)29-19(8-9-22(32)33)24(35)30-20(25(36)31-11-4-7-21(31)26(37)38)13-15-14-28-18-6-3-2-5-16(15)18/h2-3,5-6,14,17,19-21,28H,4,7-13,27H2,1H3,(H,29,34)(H,30,35)(H,32,33)(H,37,38). The molecule has 0 aliphatic carbocycles. The topological polar surface area (TPSA) is 195 Å². The van der Waals surface area contributed by atoms with Crippen LogP contribution in [0.1, 0.15) is 37.7 Å². The van der Waals surface area contributed by atoms with Crippen molar-refractivity contribution in [2.75, 3.05) is 18.6 Å². The highest BCUT2D eigenvalue weighted by Crippen LogP contribution is 2.23. The number of rotatable bonds is 14. The maximum atomic E-state index is 13.6. The number of carboxylic acid groups (broad SMARTS) is 2. The van der Waals surface area contributed by atoms with E-state index >= 15 is 0 Å². The first-order chi connectivity index (χ1) is 18.6. The molecule has 0 saturated carbocycles. The van der Waals surface area contributed by atoms with E-state index < -0.39 is 60.2 Å². The van der Waals surface area contributed by atoms with Crippen LogP contribution in [0.2, 0.25) is 0 Å². The SMILES string of the molecule is CSCCC(N)C(=O)NC(CCC(=O)O)C(=O)NC(Cc1c[nH]c2ccccc12)C(=O)N1CCCC1C(=O)O. The van der Waals surface area contributed by atoms with Crippen LogP contribution >= 0.6 is 11.8 Å². The fraction of sp³-hybridized carbons (Fsp3) is 0.500. The number of fused-ring (bicyclic) bond motifs is 1. The molecular weight excluding hydrogens is 526 g/mol. The Balaban J connectivity index is 1.85. The third-order valence-corrected chi connectivity index (χ3v) is 7.43. The number of carbonyl (C=O) groups excluding carboxylic acids is 3. The lowest BCUT2D eigenvalue weighted by molar-refractivity contribution is -0.149. The smallest absolute Gasteiger partial charge is 0.326 e. The zero-order valence-electron chi connectivity index (χ0n) is 21.7. The highest BCUT2D eigenvalue weighted by Gasteiger charge is 2.38. The first kappa shape index (κ1) is 30.0. The Bertz CT molecular complexity index is 1200. The van der Waals surface area contributed by atoms with Crippen LogP contribution in [0.3, 0.4) is 0 Å². The fourth-order valence-electron chi connectivity index (χ4n) is 4.67. The number of aromatic amines is 1. The van der Waals surface area contributed by atoms with Crippen molar-refractivity contribution in [3.8, 4) is 0 Å². The molecule has 1 aliphatic heterocycles. The average molecular weight is 562 g/mol. The molecule has 1 aromatic heterocycles. The van der Waals surface area contributed by atoms with E-state index in [1.807, 2.05) is 30.5 Å². The number of nitrogens with two attached hydrogens (primary N) is 1. The number of hydrogen-bond acceptors (Lipinski definition) is 7. The Morgan fingerprint density at radius 2 is 1.82 bits per heavy atom. The number of amides is 3. The molecule has 4 unspecified atom stereocenters. The van der Waals surface area contributed by atoms with Crippen molar-refractivity contribution in [3.05, 3.63) is 36.0 Å². The molecule has 0 spiro atoms. The zero-order chi connectivity index (χ0) is 28.5. The predicted molar refractivity (Wildman–Crippen MR) is 146 cm³/mol. The van der Waals surface area contributed by atoms with E-state index in [1.54, 1.807) is 6.20 Å². The first-order valence-corrected chi connectivity index (χ1v) is 14.2. The molecule has 3 amide bonds. The molecular formula is C26H35N5O7S. The number of carboxylic acids is 2. The van der Waals surface area contributed by atoms with Crippen LogP contribution in [-0.4, -0.2) is 92.5 Å². The van der Waals surface area contributed by atoms with Crippen molar-refractivity contribution < 1.29 is 34.2 Å². The first-order valence-electron chi connectivity index (χ1n) is 12.8. The number of H-pyrrole nitrogens is 1. The number of nitrogens with zero attached hydrogens (tertiary/aromatic N) is 1. The molecule has 1 aromatic carbocycles. The van der Waals surface area contributed by atoms with E-state index in [4.69, 9.17) is 5.73 Å². The van der Waals surface area contributed by atoms with Crippen LogP contribution in [0.25, 0.3) is 10.9 Å². The Kier molecular flexibility index (Phi) is 10.8. The van der Waals surface area contributed by atoms with Gasteiger partial charge in [0.2, 0.25) is 17.7 Å². The van der Waals surface area contributed by atoms with E-state index in [-0.39, 0.29) is 19.4 Å². The maximum absolute atomic E-state index is 13.6. The molecule has 4 atom stereocenters. The van der Waals surface area contributed by atoms with E-state index in [9.17, 15) is 34.2 Å². The Labute approximate surface area is 230 Å². The number of aliphatic carboxylic acids is 2. The second-order valence-electron chi connectivity index (χ2n) is 9.53. The summed E-state index contributed by atoms with van der Waals surface area (Å²) in [6, 6.07) is 3.15. The van der Waals surface area contributed by atoms with Gasteiger partial charge in [-0.25, -0.2) is 4.79 Å². The van der Waals surface area contributed by atoms with Crippen molar-refractivity contribution in [3.63, 3.8) is 0 Å². The quantitative estimate of drug-likeness (QED) is 0.192. The molecule has 1 aliphatic rings. The Morgan fingerprint density at radius 1 is 1.10 bits per heavy atom. The van der Waals surface area contributed by atoms with Gasteiger partial charge in [-0.2, -0.15) is 11.8 Å². The lowest BCUT2D eigenvalue weighted by Crippen LogP contribution is -2.57. The number of nitrogens with one attached hydrogen (secondary N) is 3. The highest BCUT2D eigenvalue weighted by atomic mass is 32.2. The molecule has 12 nitrogen and oxygen atoms in total. The summed E-state index contributed by atoms with van der Waals surface area (Å²) in [6.07, 6.45) is 4.24. The molecule has 2 aromatic rings. The number of aromatic nitrogens is 1. The van der Waals surface area contributed by atoms with Gasteiger partial charge in [-0.05, 0) is 49.3 Å². The predicted octanol–water partition coefficient (Wildman–Crippen LogP) is 0.701. The minimum Gasteiger partial charge on any atom is -0.481 e. The number of hydrogen-bond donors (Lipinski definition) is 6. The molecule has 2 heterocycles. The van der Waals surface area contributed by atoms with Gasteiger partial charge in [0.05, 0.1) is 6.04 Å². The second-order valence-corrected chi connectivity index (χ2v) is 10.5. The van der Waals surface area contributed by atoms with Gasteiger partial charge >= 0.3 is 11.9 Å². The third kappa shape index (κ3) is 7.96. The molecule has 0 radical (unpaired) electrons. The summed E-state index contributed by atoms with van der Waals surface area (Å²) in [5, 5.41) is 24.9. The molecule has 1 saturated heterocycles. The van der Waals surface area contributed by atoms with Gasteiger partial charge in [0, 0.05) is 36.5 Å². The summed E-state index contributed by atoms with van der Waals surface area (Å²) in [5.41, 5.74) is 7.50. The molecule has 3 rings (SSSR count). The third-order valence-electron chi connectivity index (χ3n) is 6.78. The molecule has 212 valence electrons. The second kappa shape index (κ2) is 14.0. The van der Waals surface area contributed by atoms with E-state index in [0.29, 0.717) is 25.0 Å². The average Bonchev–Trinajstić information content (AvgIpc) is 3.56. The lowest BCUT2D eigenvalue weighted by Gasteiger charge is -2.29. The van der Waals surface area contributed by atoms with E-state index in [0.717, 1.165) is 16.5 Å². The lowest BCUT2D eigenvalue weighted by atomic mass is 10.0. The summed E-state index contributed by atoms with van der Waals surface area (Å²) in [7, 11) is 0. The summed E-state index contributed by atoms with van der Waals surface area (Å²) in [5.74, 6) is -3.54. The molecule has 7 N–H and O–H groups in total. The van der Waals surface area contributed by atoms with Crippen LogP contribution in [0.5, 0.6) is 0 Å². The van der Waals surface area contributed by atoms with Gasteiger partial charge in [0.1, 0.15) is 18.1 Å². The zero-order valence-corrected chi connectivity index (χ0v) is 22.5. The van der Waals surface area contributed by atoms with Gasteiger partial charge in [0.15, 0.2) is 0 Å². The minimum atomic E-state index is -1.25. The fourth-order valence-corrected chi connectivity index (χ4v) is 5.16. The van der Waals surface area contributed by atoms with E-state index in [2.05, 4.69) is 15.6 Å². The largest absolute Gasteiger partial charge is 0.481 e. The van der Waals surface area contributed by atoms with Crippen LogP contribution in [0.15, 0.2) is 30.5 Å². The summed E-state index contributed by atoms with van der Waals surface area (Å²) in [6.45, 7) is 0.236. The van der Waals surface area contributed by atoms with Gasteiger partial charge in [-0.1, -0.05) is 18.2 Å². The molecule has 39 heavy (non-hydrogen) atoms. The van der Waals surface area contributed by atoms with Crippen LogP contribution < -0.4 is 16.4 Å². The van der Waals surface area contributed by atoms with Gasteiger partial charge in [0.25, 0.3) is 0 Å². The minimum absolute atomic E-state index is 0.0598. The molecule has 13 heteroatoms. The summed E-state index contributed by atoms with van der Waals surface area (Å²) in [4.78, 5) is 67.1. The van der Waals surface area contributed by atoms with Crippen molar-refractivity contribution in [2.45, 2.75) is 62.7 Å². The molecule has 1 fully saturated rings. The van der Waals surface area contributed by atoms with Gasteiger partial charge < -0.3 is 36.5 Å². The van der Waals surface area contributed by atoms with Crippen molar-refractivity contribution in [1.82, 2.24) is 20.5 Å². The van der Waals surface area contributed by atoms with Crippen LogP contribution in [0.4, 0.5) is 0 Å². The Hall–Kier alpha value is -3.58. The van der Waals surface area contributed by atoms with Crippen LogP contribution in [-0.2, 0) is 30.4 Å². The molecule has 0 bridgehead atoms. The summed E-state index contributed by atoms with van der Waals surface area (Å²) < 4.78 is 0. The number of para-hydroxylation sites is 1. The van der Waals surface area contributed by atoms with E-state index in [1.165, 1.54) is 16.7 Å². The highest BCUT2D eigenvalue weighted by molar-refractivity contribution is 7.98. The number of thioether (sulfide) groups is 1. The normalized spacial score (nSPS) is 17.4. The monoisotopic (exact) mass is 561 g/mol. The summed E-state index contributed by atoms with van der Waals surface area (Å²) >= 11 is 1.51. The van der Waals surface area contributed by atoms with Gasteiger partial charge in [-0.15, -0.1) is 0 Å². The van der Waals surface area contributed by atoms with Gasteiger partial charge in [-0.3, -0.25) is 19.2 Å². The number of likely N-dealkylation sites (tertiary alicyclic amines) is 1. The van der Waals surface area contributed by atoms with Crippen LogP contribution in [0, 0.1) is 0 Å². The van der Waals surface area contributed by atoms with Crippen molar-refractivity contribution >= 4 is 52.3 Å². The van der Waals surface area contributed by atoms with Crippen molar-refractivity contribution in [2.24, 2.45) is 5.73 Å². The number of carbonyl (C=O) groups is 5. The van der Waals surface area contributed by atoms with Crippen molar-refractivity contribution in [1.29, 1.82) is 0 Å². The maximum Gasteiger partial charge on any atom is 0.326 e. The Morgan fingerprint density at radius 3 is 2.51 bits per heavy atom.